The molecule has 0 unspecified atom stereocenters. The van der Waals surface area contributed by atoms with Crippen LogP contribution in [0.3, 0.4) is 0 Å². The molecular formula is C7H11NOS. The van der Waals surface area contributed by atoms with Crippen LogP contribution in [0.1, 0.15) is 13.8 Å². The second-order valence-corrected chi connectivity index (χ2v) is 3.63. The largest absolute Gasteiger partial charge is 0.268 e. The van der Waals surface area contributed by atoms with Crippen LogP contribution >= 0.6 is 11.5 Å². The molecule has 0 aliphatic carbocycles. The van der Waals surface area contributed by atoms with Crippen molar-refractivity contribution in [3.05, 3.63) is 21.8 Å². The van der Waals surface area contributed by atoms with Gasteiger partial charge in [-0.1, -0.05) is 25.4 Å². The van der Waals surface area contributed by atoms with Gasteiger partial charge in [0.25, 0.3) is 5.56 Å². The maximum Gasteiger partial charge on any atom is 0.260 e. The van der Waals surface area contributed by atoms with Crippen molar-refractivity contribution in [2.75, 3.05) is 0 Å². The summed E-state index contributed by atoms with van der Waals surface area (Å²) in [4.78, 5) is 10.9. The molecule has 1 heterocycles. The van der Waals surface area contributed by atoms with Crippen LogP contribution in [0.5, 0.6) is 0 Å². The van der Waals surface area contributed by atoms with E-state index in [0.29, 0.717) is 5.92 Å². The van der Waals surface area contributed by atoms with E-state index in [1.54, 1.807) is 10.0 Å². The maximum absolute atomic E-state index is 10.9. The molecule has 0 aliphatic rings. The van der Waals surface area contributed by atoms with Crippen molar-refractivity contribution in [3.63, 3.8) is 0 Å². The third-order valence-electron chi connectivity index (χ3n) is 1.18. The Morgan fingerprint density at radius 3 is 2.80 bits per heavy atom. The third kappa shape index (κ3) is 1.70. The Balaban J connectivity index is 2.75. The first-order valence-electron chi connectivity index (χ1n) is 3.35. The molecule has 0 aliphatic heterocycles. The summed E-state index contributed by atoms with van der Waals surface area (Å²) in [5, 5.41) is 1.82. The third-order valence-corrected chi connectivity index (χ3v) is 2.02. The van der Waals surface area contributed by atoms with Crippen molar-refractivity contribution in [2.24, 2.45) is 5.92 Å². The van der Waals surface area contributed by atoms with Crippen molar-refractivity contribution in [2.45, 2.75) is 20.4 Å². The smallest absolute Gasteiger partial charge is 0.260 e. The molecule has 0 fully saturated rings. The van der Waals surface area contributed by atoms with Gasteiger partial charge in [-0.05, 0) is 5.92 Å². The SMILES string of the molecule is CC(C)Cn1sccc1=O. The zero-order valence-corrected chi connectivity index (χ0v) is 7.02. The summed E-state index contributed by atoms with van der Waals surface area (Å²) in [6, 6.07) is 1.60. The zero-order valence-electron chi connectivity index (χ0n) is 6.20. The van der Waals surface area contributed by atoms with E-state index in [1.165, 1.54) is 11.5 Å². The maximum atomic E-state index is 10.9. The minimum atomic E-state index is 0.124. The van der Waals surface area contributed by atoms with Gasteiger partial charge in [0, 0.05) is 18.0 Å². The number of aromatic nitrogens is 1. The fourth-order valence-corrected chi connectivity index (χ4v) is 1.63. The molecule has 1 aromatic rings. The van der Waals surface area contributed by atoms with Crippen LogP contribution in [0.25, 0.3) is 0 Å². The number of nitrogens with zero attached hydrogens (tertiary/aromatic N) is 1. The van der Waals surface area contributed by atoms with Gasteiger partial charge in [-0.25, -0.2) is 0 Å². The van der Waals surface area contributed by atoms with E-state index in [4.69, 9.17) is 0 Å². The highest BCUT2D eigenvalue weighted by Crippen LogP contribution is 1.99. The summed E-state index contributed by atoms with van der Waals surface area (Å²) in [7, 11) is 0. The van der Waals surface area contributed by atoms with Crippen LogP contribution in [0, 0.1) is 5.92 Å². The van der Waals surface area contributed by atoms with E-state index in [0.717, 1.165) is 6.54 Å². The van der Waals surface area contributed by atoms with Gasteiger partial charge in [0.1, 0.15) is 0 Å². The number of hydrogen-bond donors (Lipinski definition) is 0. The van der Waals surface area contributed by atoms with Gasteiger partial charge in [0.05, 0.1) is 0 Å². The first-order chi connectivity index (χ1) is 4.70. The summed E-state index contributed by atoms with van der Waals surface area (Å²) >= 11 is 1.48. The predicted octanol–water partition coefficient (Wildman–Crippen LogP) is 1.57. The predicted molar refractivity (Wildman–Crippen MR) is 43.4 cm³/mol. The van der Waals surface area contributed by atoms with E-state index < -0.39 is 0 Å². The van der Waals surface area contributed by atoms with Crippen molar-refractivity contribution in [1.82, 2.24) is 3.96 Å². The van der Waals surface area contributed by atoms with Crippen LogP contribution in [-0.4, -0.2) is 3.96 Å². The Kier molecular flexibility index (Phi) is 2.27. The molecule has 0 N–H and O–H groups in total. The Hall–Kier alpha value is -0.570. The average molecular weight is 157 g/mol. The molecule has 1 rings (SSSR count). The van der Waals surface area contributed by atoms with Crippen LogP contribution in [0.15, 0.2) is 16.2 Å². The summed E-state index contributed by atoms with van der Waals surface area (Å²) in [5.74, 6) is 0.552. The Labute approximate surface area is 64.3 Å². The van der Waals surface area contributed by atoms with Crippen LogP contribution in [0.4, 0.5) is 0 Å². The van der Waals surface area contributed by atoms with Crippen LogP contribution < -0.4 is 5.56 Å². The highest BCUT2D eigenvalue weighted by atomic mass is 32.1. The molecule has 10 heavy (non-hydrogen) atoms. The molecule has 0 amide bonds. The van der Waals surface area contributed by atoms with Gasteiger partial charge < -0.3 is 0 Å². The van der Waals surface area contributed by atoms with Gasteiger partial charge in [0.2, 0.25) is 0 Å². The summed E-state index contributed by atoms with van der Waals surface area (Å²) < 4.78 is 1.77. The molecule has 3 heteroatoms. The first kappa shape index (κ1) is 7.54. The topological polar surface area (TPSA) is 22.0 Å². The van der Waals surface area contributed by atoms with E-state index in [-0.39, 0.29) is 5.56 Å². The number of hydrogen-bond acceptors (Lipinski definition) is 2. The Morgan fingerprint density at radius 1 is 1.70 bits per heavy atom. The normalized spacial score (nSPS) is 10.7. The fraction of sp³-hybridized carbons (Fsp3) is 0.571. The van der Waals surface area contributed by atoms with E-state index in [2.05, 4.69) is 13.8 Å². The van der Waals surface area contributed by atoms with Gasteiger partial charge in [0.15, 0.2) is 0 Å². The summed E-state index contributed by atoms with van der Waals surface area (Å²) in [6.45, 7) is 5.05. The van der Waals surface area contributed by atoms with E-state index in [9.17, 15) is 4.79 Å². The first-order valence-corrected chi connectivity index (χ1v) is 4.18. The molecule has 0 saturated carbocycles. The lowest BCUT2D eigenvalue weighted by Crippen LogP contribution is -2.14. The molecule has 1 aromatic heterocycles. The monoisotopic (exact) mass is 157 g/mol. The second-order valence-electron chi connectivity index (χ2n) is 2.70. The van der Waals surface area contributed by atoms with Crippen molar-refractivity contribution >= 4 is 11.5 Å². The minimum Gasteiger partial charge on any atom is -0.268 e. The molecule has 56 valence electrons. The van der Waals surface area contributed by atoms with Crippen LogP contribution in [0.2, 0.25) is 0 Å². The molecule has 0 spiro atoms. The summed E-state index contributed by atoms with van der Waals surface area (Å²) in [6.07, 6.45) is 0. The minimum absolute atomic E-state index is 0.124. The van der Waals surface area contributed by atoms with Gasteiger partial charge >= 0.3 is 0 Å². The van der Waals surface area contributed by atoms with E-state index in [1.807, 2.05) is 5.38 Å². The van der Waals surface area contributed by atoms with Crippen molar-refractivity contribution < 1.29 is 0 Å². The Bertz CT molecular complexity index is 248. The molecule has 2 nitrogen and oxygen atoms in total. The Morgan fingerprint density at radius 2 is 2.40 bits per heavy atom. The van der Waals surface area contributed by atoms with Gasteiger partial charge in [-0.3, -0.25) is 8.75 Å². The molecular weight excluding hydrogens is 146 g/mol. The van der Waals surface area contributed by atoms with Gasteiger partial charge in [-0.2, -0.15) is 0 Å². The number of rotatable bonds is 2. The standard InChI is InChI=1S/C7H11NOS/c1-6(2)5-8-7(9)3-4-10-8/h3-4,6H,5H2,1-2H3. The van der Waals surface area contributed by atoms with Crippen LogP contribution in [-0.2, 0) is 6.54 Å². The second kappa shape index (κ2) is 3.01. The molecule has 0 bridgehead atoms. The van der Waals surface area contributed by atoms with E-state index >= 15 is 0 Å². The average Bonchev–Trinajstić information content (AvgIpc) is 2.15. The fourth-order valence-electron chi connectivity index (χ4n) is 0.762. The molecule has 0 radical (unpaired) electrons. The lowest BCUT2D eigenvalue weighted by molar-refractivity contribution is 0.541. The lowest BCUT2D eigenvalue weighted by atomic mass is 10.2. The lowest BCUT2D eigenvalue weighted by Gasteiger charge is -2.01. The quantitative estimate of drug-likeness (QED) is 0.638. The highest BCUT2D eigenvalue weighted by Gasteiger charge is 1.98. The highest BCUT2D eigenvalue weighted by molar-refractivity contribution is 7.04. The molecule has 0 aromatic carbocycles. The summed E-state index contributed by atoms with van der Waals surface area (Å²) in [5.41, 5.74) is 0.124. The zero-order chi connectivity index (χ0) is 7.56. The van der Waals surface area contributed by atoms with Gasteiger partial charge in [-0.15, -0.1) is 0 Å². The molecule has 0 atom stereocenters. The van der Waals surface area contributed by atoms with Crippen molar-refractivity contribution in [1.29, 1.82) is 0 Å². The molecule has 0 saturated heterocycles. The van der Waals surface area contributed by atoms with Crippen molar-refractivity contribution in [3.8, 4) is 0 Å².